The summed E-state index contributed by atoms with van der Waals surface area (Å²) < 4.78 is 90.0. The molecule has 0 aliphatic carbocycles. The first-order valence-corrected chi connectivity index (χ1v) is 7.65. The van der Waals surface area contributed by atoms with Crippen LogP contribution in [0.4, 0.5) is 26.3 Å². The molecule has 0 heterocycles. The van der Waals surface area contributed by atoms with E-state index >= 15 is 0 Å². The maximum atomic E-state index is 13.9. The second-order valence-corrected chi connectivity index (χ2v) is 5.31. The quantitative estimate of drug-likeness (QED) is 0.318. The van der Waals surface area contributed by atoms with E-state index in [9.17, 15) is 26.3 Å². The minimum absolute atomic E-state index is 0.103. The Labute approximate surface area is 136 Å². The van der Waals surface area contributed by atoms with Crippen molar-refractivity contribution in [1.82, 2.24) is 0 Å². The number of halogens is 6. The lowest BCUT2D eigenvalue weighted by Gasteiger charge is -2.16. The van der Waals surface area contributed by atoms with Crippen LogP contribution >= 0.6 is 0 Å². The molecule has 0 aliphatic heterocycles. The Balaban J connectivity index is 2.91. The Bertz CT molecular complexity index is 519. The third-order valence-corrected chi connectivity index (χ3v) is 3.52. The number of unbranched alkanes of at least 4 members (excludes halogenated alkanes) is 3. The van der Waals surface area contributed by atoms with Crippen molar-refractivity contribution >= 4 is 0 Å². The zero-order chi connectivity index (χ0) is 18.3. The average Bonchev–Trinajstić information content (AvgIpc) is 2.55. The van der Waals surface area contributed by atoms with Crippen molar-refractivity contribution in [2.45, 2.75) is 51.6 Å². The van der Waals surface area contributed by atoms with E-state index in [4.69, 9.17) is 4.74 Å². The Morgan fingerprint density at radius 2 is 1.46 bits per heavy atom. The topological polar surface area (TPSA) is 18.5 Å². The molecule has 0 radical (unpaired) electrons. The molecule has 0 aliphatic rings. The molecule has 0 atom stereocenters. The Hall–Kier alpha value is -1.44. The number of benzene rings is 1. The van der Waals surface area contributed by atoms with Crippen LogP contribution in [0.1, 0.15) is 44.6 Å². The molecule has 0 spiro atoms. The third-order valence-electron chi connectivity index (χ3n) is 3.52. The zero-order valence-electron chi connectivity index (χ0n) is 13.5. The summed E-state index contributed by atoms with van der Waals surface area (Å²) in [5.41, 5.74) is -1.10. The van der Waals surface area contributed by atoms with Crippen molar-refractivity contribution < 1.29 is 35.8 Å². The van der Waals surface area contributed by atoms with Gasteiger partial charge in [0.2, 0.25) is 11.6 Å². The second-order valence-electron chi connectivity index (χ2n) is 5.31. The van der Waals surface area contributed by atoms with Crippen molar-refractivity contribution in [3.8, 4) is 5.75 Å². The molecular weight excluding hydrogens is 338 g/mol. The van der Waals surface area contributed by atoms with Gasteiger partial charge in [0.1, 0.15) is 0 Å². The smallest absolute Gasteiger partial charge is 0.355 e. The van der Waals surface area contributed by atoms with Gasteiger partial charge in [-0.1, -0.05) is 26.2 Å². The van der Waals surface area contributed by atoms with Gasteiger partial charge in [-0.05, 0) is 12.8 Å². The number of alkyl halides is 2. The van der Waals surface area contributed by atoms with E-state index in [1.807, 2.05) is 6.92 Å². The Morgan fingerprint density at radius 1 is 0.875 bits per heavy atom. The van der Waals surface area contributed by atoms with Crippen molar-refractivity contribution in [3.05, 3.63) is 28.8 Å². The molecular formula is C16H20F6O2. The number of hydrogen-bond donors (Lipinski definition) is 0. The maximum Gasteiger partial charge on any atom is 0.355 e. The fraction of sp³-hybridized carbons (Fsp3) is 0.625. The Morgan fingerprint density at radius 3 is 1.96 bits per heavy atom. The van der Waals surface area contributed by atoms with Gasteiger partial charge in [-0.15, -0.1) is 0 Å². The molecule has 1 aromatic rings. The first-order valence-electron chi connectivity index (χ1n) is 7.65. The SMILES string of the molecule is CCCCCCOc1c(F)c(F)c(CCC(F)(F)OC)c(F)c1F. The van der Waals surface area contributed by atoms with Crippen LogP contribution in [0.2, 0.25) is 0 Å². The van der Waals surface area contributed by atoms with E-state index in [0.29, 0.717) is 13.5 Å². The van der Waals surface area contributed by atoms with Crippen LogP contribution in [0.5, 0.6) is 5.75 Å². The molecule has 2 nitrogen and oxygen atoms in total. The summed E-state index contributed by atoms with van der Waals surface area (Å²) in [5, 5.41) is 0. The predicted octanol–water partition coefficient (Wildman–Crippen LogP) is 5.37. The van der Waals surface area contributed by atoms with Gasteiger partial charge in [0, 0.05) is 19.1 Å². The highest BCUT2D eigenvalue weighted by atomic mass is 19.3. The summed E-state index contributed by atoms with van der Waals surface area (Å²) in [6.45, 7) is 1.87. The maximum absolute atomic E-state index is 13.9. The summed E-state index contributed by atoms with van der Waals surface area (Å²) in [6.07, 6.45) is -2.65. The van der Waals surface area contributed by atoms with Crippen LogP contribution in [0.15, 0.2) is 0 Å². The molecule has 0 aromatic heterocycles. The Kier molecular flexibility index (Phi) is 7.86. The van der Waals surface area contributed by atoms with Crippen LogP contribution in [0.3, 0.4) is 0 Å². The first-order chi connectivity index (χ1) is 11.2. The normalized spacial score (nSPS) is 11.8. The lowest BCUT2D eigenvalue weighted by atomic mass is 10.1. The second kappa shape index (κ2) is 9.15. The number of hydrogen-bond acceptors (Lipinski definition) is 2. The van der Waals surface area contributed by atoms with Crippen molar-refractivity contribution in [1.29, 1.82) is 0 Å². The zero-order valence-corrected chi connectivity index (χ0v) is 13.5. The lowest BCUT2D eigenvalue weighted by Crippen LogP contribution is -2.20. The number of ether oxygens (including phenoxy) is 2. The fourth-order valence-electron chi connectivity index (χ4n) is 2.08. The van der Waals surface area contributed by atoms with E-state index in [1.165, 1.54) is 0 Å². The molecule has 1 aromatic carbocycles. The van der Waals surface area contributed by atoms with E-state index in [1.54, 1.807) is 0 Å². The van der Waals surface area contributed by atoms with E-state index in [-0.39, 0.29) is 6.61 Å². The van der Waals surface area contributed by atoms with Crippen LogP contribution in [-0.4, -0.2) is 19.8 Å². The average molecular weight is 358 g/mol. The summed E-state index contributed by atoms with van der Waals surface area (Å²) in [7, 11) is 0.712. The summed E-state index contributed by atoms with van der Waals surface area (Å²) in [6, 6.07) is 0. The van der Waals surface area contributed by atoms with Crippen LogP contribution in [0, 0.1) is 23.3 Å². The molecule has 24 heavy (non-hydrogen) atoms. The molecule has 0 amide bonds. The van der Waals surface area contributed by atoms with Crippen LogP contribution in [0.25, 0.3) is 0 Å². The number of methoxy groups -OCH3 is 1. The van der Waals surface area contributed by atoms with E-state index in [0.717, 1.165) is 19.3 Å². The van der Waals surface area contributed by atoms with Crippen LogP contribution < -0.4 is 4.74 Å². The van der Waals surface area contributed by atoms with Gasteiger partial charge in [-0.2, -0.15) is 17.6 Å². The van der Waals surface area contributed by atoms with Gasteiger partial charge < -0.3 is 9.47 Å². The third kappa shape index (κ3) is 5.29. The highest BCUT2D eigenvalue weighted by Gasteiger charge is 2.32. The highest BCUT2D eigenvalue weighted by molar-refractivity contribution is 5.34. The largest absolute Gasteiger partial charge is 0.487 e. The van der Waals surface area contributed by atoms with Gasteiger partial charge in [0.15, 0.2) is 17.4 Å². The summed E-state index contributed by atoms with van der Waals surface area (Å²) >= 11 is 0. The van der Waals surface area contributed by atoms with Crippen molar-refractivity contribution in [2.24, 2.45) is 0 Å². The molecule has 0 N–H and O–H groups in total. The molecule has 0 fully saturated rings. The van der Waals surface area contributed by atoms with Crippen LogP contribution in [-0.2, 0) is 11.2 Å². The monoisotopic (exact) mass is 358 g/mol. The summed E-state index contributed by atoms with van der Waals surface area (Å²) in [4.78, 5) is 0. The molecule has 0 saturated heterocycles. The molecule has 0 bridgehead atoms. The molecule has 0 unspecified atom stereocenters. The fourth-order valence-corrected chi connectivity index (χ4v) is 2.08. The van der Waals surface area contributed by atoms with Gasteiger partial charge in [-0.3, -0.25) is 0 Å². The highest BCUT2D eigenvalue weighted by Crippen LogP contribution is 2.32. The van der Waals surface area contributed by atoms with Crippen molar-refractivity contribution in [3.63, 3.8) is 0 Å². The minimum Gasteiger partial charge on any atom is -0.487 e. The molecule has 0 saturated carbocycles. The molecule has 8 heteroatoms. The van der Waals surface area contributed by atoms with Gasteiger partial charge in [-0.25, -0.2) is 8.78 Å². The van der Waals surface area contributed by atoms with Gasteiger partial charge in [0.25, 0.3) is 0 Å². The first kappa shape index (κ1) is 20.6. The number of rotatable bonds is 10. The predicted molar refractivity (Wildman–Crippen MR) is 76.2 cm³/mol. The van der Waals surface area contributed by atoms with Gasteiger partial charge in [0.05, 0.1) is 6.61 Å². The minimum atomic E-state index is -3.65. The summed E-state index contributed by atoms with van der Waals surface area (Å²) in [5.74, 6) is -8.07. The molecule has 1 rings (SSSR count). The van der Waals surface area contributed by atoms with E-state index < -0.39 is 53.5 Å². The standard InChI is InChI=1S/C16H20F6O2/c1-3-4-5-6-9-24-15-13(19)11(17)10(12(18)14(15)20)7-8-16(21,22)23-2/h3-9H2,1-2H3. The van der Waals surface area contributed by atoms with Crippen molar-refractivity contribution in [2.75, 3.05) is 13.7 Å². The lowest BCUT2D eigenvalue weighted by molar-refractivity contribution is -0.224. The van der Waals surface area contributed by atoms with E-state index in [2.05, 4.69) is 4.74 Å². The molecule has 138 valence electrons. The van der Waals surface area contributed by atoms with Gasteiger partial charge >= 0.3 is 6.11 Å².